The van der Waals surface area contributed by atoms with Crippen molar-refractivity contribution >= 4 is 34.3 Å². The first-order chi connectivity index (χ1) is 21.3. The first kappa shape index (κ1) is 30.0. The fraction of sp³-hybridized carbons (Fsp3) is 0.111. The second-order valence-electron chi connectivity index (χ2n) is 9.86. The summed E-state index contributed by atoms with van der Waals surface area (Å²) in [5, 5.41) is 43.6. The van der Waals surface area contributed by atoms with Crippen LogP contribution in [-0.2, 0) is 5.41 Å². The van der Waals surface area contributed by atoms with Crippen LogP contribution in [0.3, 0.4) is 0 Å². The Morgan fingerprint density at radius 3 is 1.64 bits per heavy atom. The molecule has 0 atom stereocenters. The predicted molar refractivity (Wildman–Crippen MR) is 169 cm³/mol. The molecule has 4 aromatic rings. The van der Waals surface area contributed by atoms with Gasteiger partial charge in [-0.15, -0.1) is 0 Å². The third-order valence-corrected chi connectivity index (χ3v) is 8.08. The van der Waals surface area contributed by atoms with Crippen molar-refractivity contribution in [2.75, 3.05) is 14.2 Å². The quantitative estimate of drug-likeness (QED) is 0.216. The zero-order valence-corrected chi connectivity index (χ0v) is 25.1. The van der Waals surface area contributed by atoms with E-state index in [1.54, 1.807) is 80.9 Å². The lowest BCUT2D eigenvalue weighted by Gasteiger charge is -2.37. The largest absolute Gasteiger partial charge is 0.497 e. The van der Waals surface area contributed by atoms with E-state index in [-0.39, 0.29) is 11.1 Å². The molecule has 0 aliphatic heterocycles. The van der Waals surface area contributed by atoms with E-state index < -0.39 is 11.3 Å². The molecule has 1 aliphatic rings. The maximum Gasteiger partial charge on any atom is 0.195 e. The van der Waals surface area contributed by atoms with Gasteiger partial charge in [-0.3, -0.25) is 0 Å². The van der Waals surface area contributed by atoms with Crippen LogP contribution in [0.4, 0.5) is 0 Å². The molecule has 8 heteroatoms. The van der Waals surface area contributed by atoms with Crippen molar-refractivity contribution in [2.24, 2.45) is 5.92 Å². The van der Waals surface area contributed by atoms with Gasteiger partial charge in [0.15, 0.2) is 11.3 Å². The van der Waals surface area contributed by atoms with Gasteiger partial charge in [0.2, 0.25) is 0 Å². The predicted octanol–water partition coefficient (Wildman–Crippen LogP) is 8.28. The van der Waals surface area contributed by atoms with Crippen LogP contribution in [0.2, 0.25) is 10.0 Å². The van der Waals surface area contributed by atoms with Crippen molar-refractivity contribution in [3.63, 3.8) is 0 Å². The molecule has 44 heavy (non-hydrogen) atoms. The van der Waals surface area contributed by atoms with Gasteiger partial charge in [-0.2, -0.15) is 21.0 Å². The number of hydrogen-bond donors (Lipinski definition) is 0. The third kappa shape index (κ3) is 5.04. The van der Waals surface area contributed by atoms with Crippen LogP contribution in [0.15, 0.2) is 102 Å². The highest BCUT2D eigenvalue weighted by molar-refractivity contribution is 6.31. The second-order valence-corrected chi connectivity index (χ2v) is 10.7. The van der Waals surface area contributed by atoms with Crippen molar-refractivity contribution in [3.05, 3.63) is 140 Å². The second kappa shape index (κ2) is 12.4. The lowest BCUT2D eigenvalue weighted by molar-refractivity contribution is 0.414. The molecule has 0 N–H and O–H groups in total. The summed E-state index contributed by atoms with van der Waals surface area (Å²) >= 11 is 12.8. The molecule has 0 saturated heterocycles. The Bertz CT molecular complexity index is 1910. The van der Waals surface area contributed by atoms with Gasteiger partial charge in [0.05, 0.1) is 38.5 Å². The van der Waals surface area contributed by atoms with E-state index >= 15 is 0 Å². The Hall–Kier alpha value is -5.50. The minimum Gasteiger partial charge on any atom is -0.497 e. The number of rotatable bonds is 6. The lowest BCUT2D eigenvalue weighted by Crippen LogP contribution is -2.34. The number of nitrogens with zero attached hydrogens (tertiary/aromatic N) is 4. The summed E-state index contributed by atoms with van der Waals surface area (Å²) in [5.74, 6) is -0.151. The molecule has 0 radical (unpaired) electrons. The first-order valence-electron chi connectivity index (χ1n) is 13.3. The number of benzene rings is 4. The molecule has 0 heterocycles. The Kier molecular flexibility index (Phi) is 8.44. The normalized spacial score (nSPS) is 13.2. The van der Waals surface area contributed by atoms with Crippen LogP contribution in [-0.4, -0.2) is 14.2 Å². The summed E-state index contributed by atoms with van der Waals surface area (Å²) in [6.45, 7) is 0. The Morgan fingerprint density at radius 2 is 1.18 bits per heavy atom. The van der Waals surface area contributed by atoms with Gasteiger partial charge in [0.1, 0.15) is 11.5 Å². The van der Waals surface area contributed by atoms with E-state index in [9.17, 15) is 21.0 Å². The Balaban J connectivity index is 2.10. The number of fused-ring (bicyclic) bond motifs is 1. The van der Waals surface area contributed by atoms with Crippen molar-refractivity contribution in [1.82, 2.24) is 0 Å². The first-order valence-corrected chi connectivity index (χ1v) is 14.1. The summed E-state index contributed by atoms with van der Waals surface area (Å²) in [5.41, 5.74) is 2.27. The van der Waals surface area contributed by atoms with Crippen LogP contribution in [0.5, 0.6) is 11.5 Å². The molecule has 6 nitrogen and oxygen atoms in total. The summed E-state index contributed by atoms with van der Waals surface area (Å²) < 4.78 is 10.8. The molecule has 4 aromatic carbocycles. The number of hydrogen-bond acceptors (Lipinski definition) is 6. The van der Waals surface area contributed by atoms with E-state index in [1.165, 1.54) is 0 Å². The zero-order chi connectivity index (χ0) is 31.4. The molecular formula is C36H22Cl2N4O2. The van der Waals surface area contributed by atoms with Crippen molar-refractivity contribution in [3.8, 4) is 35.8 Å². The maximum absolute atomic E-state index is 11.0. The number of ether oxygens (including phenoxy) is 2. The molecule has 0 aromatic heterocycles. The van der Waals surface area contributed by atoms with Gasteiger partial charge in [0.25, 0.3) is 0 Å². The number of methoxy groups -OCH3 is 2. The van der Waals surface area contributed by atoms with Gasteiger partial charge in [-0.05, 0) is 87.5 Å². The van der Waals surface area contributed by atoms with Crippen LogP contribution >= 0.6 is 23.2 Å². The molecule has 0 spiro atoms. The molecule has 0 unspecified atom stereocenters. The van der Waals surface area contributed by atoms with Crippen molar-refractivity contribution in [1.29, 1.82) is 21.0 Å². The van der Waals surface area contributed by atoms with Gasteiger partial charge >= 0.3 is 0 Å². The highest BCUT2D eigenvalue weighted by Crippen LogP contribution is 2.54. The minimum absolute atomic E-state index is 0.214. The van der Waals surface area contributed by atoms with E-state index in [0.29, 0.717) is 60.5 Å². The molecule has 0 fully saturated rings. The number of halogens is 2. The van der Waals surface area contributed by atoms with Crippen LogP contribution in [0.1, 0.15) is 27.8 Å². The van der Waals surface area contributed by atoms with Crippen LogP contribution < -0.4 is 9.47 Å². The van der Waals surface area contributed by atoms with Gasteiger partial charge in [0, 0.05) is 21.2 Å². The van der Waals surface area contributed by atoms with Crippen molar-refractivity contribution in [2.45, 2.75) is 5.41 Å². The van der Waals surface area contributed by atoms with E-state index in [4.69, 9.17) is 32.7 Å². The van der Waals surface area contributed by atoms with E-state index in [0.717, 1.165) is 0 Å². The summed E-state index contributed by atoms with van der Waals surface area (Å²) in [4.78, 5) is 0. The highest BCUT2D eigenvalue weighted by atomic mass is 35.5. The Morgan fingerprint density at radius 1 is 0.682 bits per heavy atom. The third-order valence-electron chi connectivity index (χ3n) is 7.59. The van der Waals surface area contributed by atoms with E-state index in [1.807, 2.05) is 24.3 Å². The molecule has 0 bridgehead atoms. The highest BCUT2D eigenvalue weighted by Gasteiger charge is 2.49. The van der Waals surface area contributed by atoms with Gasteiger partial charge < -0.3 is 9.47 Å². The minimum atomic E-state index is -1.97. The molecule has 1 aliphatic carbocycles. The summed E-state index contributed by atoms with van der Waals surface area (Å²) in [6.07, 6.45) is 0. The fourth-order valence-electron chi connectivity index (χ4n) is 5.58. The topological polar surface area (TPSA) is 114 Å². The monoisotopic (exact) mass is 612 g/mol. The average Bonchev–Trinajstić information content (AvgIpc) is 3.06. The number of allylic oxidation sites excluding steroid dienone is 2. The number of nitriles is 4. The van der Waals surface area contributed by atoms with Crippen LogP contribution in [0, 0.1) is 51.2 Å². The summed E-state index contributed by atoms with van der Waals surface area (Å²) in [6, 6.07) is 35.1. The summed E-state index contributed by atoms with van der Waals surface area (Å²) in [7, 11) is 3.11. The average molecular weight is 614 g/mol. The lowest BCUT2D eigenvalue weighted by atomic mass is 9.60. The smallest absolute Gasteiger partial charge is 0.195 e. The molecule has 0 saturated carbocycles. The van der Waals surface area contributed by atoms with E-state index in [2.05, 4.69) is 24.3 Å². The Labute approximate surface area is 265 Å². The SMILES string of the molecule is COc1ccc(C(=C2C(C(C#N)C#N)=C(c3ccc(Cl)cc3)c3ccc(Cl)cc3C2(C#N)C#N)c2ccc(OC)cc2)cc1. The van der Waals surface area contributed by atoms with Crippen LogP contribution in [0.25, 0.3) is 11.1 Å². The molecule has 0 amide bonds. The molecular weight excluding hydrogens is 591 g/mol. The standard InChI is InChI=1S/C36H22Cl2N4O2/c1-43-28-12-5-22(6-13-28)32(23-7-14-29(44-2)15-8-23)35-34(25(18-39)19-40)33(24-3-9-26(37)10-4-24)30-16-11-27(38)17-31(30)36(35,20-41)21-42/h3-17,25H,1-2H3. The van der Waals surface area contributed by atoms with Gasteiger partial charge in [-0.25, -0.2) is 0 Å². The maximum atomic E-state index is 11.0. The van der Waals surface area contributed by atoms with Crippen molar-refractivity contribution < 1.29 is 9.47 Å². The zero-order valence-electron chi connectivity index (χ0n) is 23.6. The molecule has 212 valence electrons. The fourth-order valence-corrected chi connectivity index (χ4v) is 5.87. The molecule has 5 rings (SSSR count). The van der Waals surface area contributed by atoms with Gasteiger partial charge in [-0.1, -0.05) is 65.7 Å².